The Bertz CT molecular complexity index is 773. The highest BCUT2D eigenvalue weighted by molar-refractivity contribution is 5.81. The molecule has 2 atom stereocenters. The normalized spacial score (nSPS) is 20.0. The van der Waals surface area contributed by atoms with E-state index >= 15 is 0 Å². The molecule has 1 saturated heterocycles. The van der Waals surface area contributed by atoms with Crippen LogP contribution >= 0.6 is 0 Å². The lowest BCUT2D eigenvalue weighted by molar-refractivity contribution is -0.127. The smallest absolute Gasteiger partial charge is 0.223 e. The maximum Gasteiger partial charge on any atom is 0.223 e. The summed E-state index contributed by atoms with van der Waals surface area (Å²) in [4.78, 5) is 20.9. The van der Waals surface area contributed by atoms with E-state index in [0.717, 1.165) is 5.96 Å². The topological polar surface area (TPSA) is 47.9 Å². The highest BCUT2D eigenvalue weighted by Gasteiger charge is 2.38. The molecule has 142 valence electrons. The Hall–Kier alpha value is -2.82. The zero-order valence-corrected chi connectivity index (χ0v) is 16.3. The van der Waals surface area contributed by atoms with Gasteiger partial charge in [-0.25, -0.2) is 4.99 Å². The summed E-state index contributed by atoms with van der Waals surface area (Å²) in [7, 11) is 5.87. The van der Waals surface area contributed by atoms with Gasteiger partial charge in [0.1, 0.15) is 0 Å². The molecule has 1 heterocycles. The summed E-state index contributed by atoms with van der Waals surface area (Å²) in [5.41, 5.74) is 2.36. The number of hydrogen-bond donors (Lipinski definition) is 1. The van der Waals surface area contributed by atoms with Crippen LogP contribution < -0.4 is 5.32 Å². The molecule has 0 saturated carbocycles. The maximum absolute atomic E-state index is 12.3. The first-order valence-electron chi connectivity index (χ1n) is 9.36. The zero-order valence-electron chi connectivity index (χ0n) is 16.3. The quantitative estimate of drug-likeness (QED) is 0.656. The van der Waals surface area contributed by atoms with Crippen molar-refractivity contribution in [3.63, 3.8) is 0 Å². The highest BCUT2D eigenvalue weighted by Crippen LogP contribution is 2.36. The van der Waals surface area contributed by atoms with Crippen LogP contribution in [0.2, 0.25) is 0 Å². The molecule has 1 amide bonds. The van der Waals surface area contributed by atoms with Crippen molar-refractivity contribution < 1.29 is 4.79 Å². The molecule has 0 bridgehead atoms. The van der Waals surface area contributed by atoms with Crippen molar-refractivity contribution in [3.8, 4) is 0 Å². The number of carbonyl (C=O) groups excluding carboxylic acids is 1. The molecular weight excluding hydrogens is 336 g/mol. The Morgan fingerprint density at radius 3 is 2.37 bits per heavy atom. The van der Waals surface area contributed by atoms with Crippen molar-refractivity contribution in [1.82, 2.24) is 15.1 Å². The van der Waals surface area contributed by atoms with E-state index in [1.54, 1.807) is 0 Å². The number of hydrogen-bond acceptors (Lipinski definition) is 2. The van der Waals surface area contributed by atoms with Crippen LogP contribution in [0, 0.1) is 5.92 Å². The largest absolute Gasteiger partial charge is 0.356 e. The van der Waals surface area contributed by atoms with Gasteiger partial charge in [-0.2, -0.15) is 0 Å². The van der Waals surface area contributed by atoms with Gasteiger partial charge in [0.25, 0.3) is 0 Å². The average Bonchev–Trinajstić information content (AvgIpc) is 2.97. The number of nitrogens with one attached hydrogen (secondary N) is 1. The third-order valence-corrected chi connectivity index (χ3v) is 5.04. The summed E-state index contributed by atoms with van der Waals surface area (Å²) >= 11 is 0. The van der Waals surface area contributed by atoms with E-state index in [9.17, 15) is 4.79 Å². The molecule has 1 aliphatic heterocycles. The van der Waals surface area contributed by atoms with E-state index in [1.165, 1.54) is 11.1 Å². The van der Waals surface area contributed by atoms with Crippen LogP contribution in [0.4, 0.5) is 0 Å². The van der Waals surface area contributed by atoms with Crippen molar-refractivity contribution in [2.45, 2.75) is 19.0 Å². The van der Waals surface area contributed by atoms with E-state index in [-0.39, 0.29) is 17.9 Å². The van der Waals surface area contributed by atoms with Gasteiger partial charge in [-0.1, -0.05) is 60.7 Å². The molecule has 1 aliphatic rings. The molecule has 0 aliphatic carbocycles. The van der Waals surface area contributed by atoms with E-state index in [4.69, 9.17) is 4.99 Å². The molecular formula is C22H28N4O. The van der Waals surface area contributed by atoms with Gasteiger partial charge in [-0.05, 0) is 11.1 Å². The van der Waals surface area contributed by atoms with Crippen LogP contribution in [0.25, 0.3) is 0 Å². The number of amides is 1. The van der Waals surface area contributed by atoms with Crippen LogP contribution in [0.15, 0.2) is 65.7 Å². The van der Waals surface area contributed by atoms with E-state index < -0.39 is 0 Å². The standard InChI is InChI=1S/C22H28N4O/c1-25(2)22(23-15-17-10-6-4-7-11-17)24-16-19-14-20(27)26(3)21(19)18-12-8-5-9-13-18/h4-13,19,21H,14-16H2,1-3H3,(H,23,24). The lowest BCUT2D eigenvalue weighted by Crippen LogP contribution is -2.40. The molecule has 0 spiro atoms. The molecule has 0 radical (unpaired) electrons. The molecule has 5 nitrogen and oxygen atoms in total. The maximum atomic E-state index is 12.3. The predicted molar refractivity (Wildman–Crippen MR) is 109 cm³/mol. The minimum absolute atomic E-state index is 0.101. The fraction of sp³-hybridized carbons (Fsp3) is 0.364. The van der Waals surface area contributed by atoms with E-state index in [0.29, 0.717) is 19.5 Å². The van der Waals surface area contributed by atoms with Gasteiger partial charge in [-0.3, -0.25) is 4.79 Å². The van der Waals surface area contributed by atoms with Crippen LogP contribution in [0.5, 0.6) is 0 Å². The van der Waals surface area contributed by atoms with Crippen molar-refractivity contribution in [2.24, 2.45) is 10.9 Å². The Balaban J connectivity index is 1.69. The van der Waals surface area contributed by atoms with Gasteiger partial charge in [0, 0.05) is 40.0 Å². The summed E-state index contributed by atoms with van der Waals surface area (Å²) in [6, 6.07) is 20.6. The molecule has 2 aromatic carbocycles. The lowest BCUT2D eigenvalue weighted by atomic mass is 9.94. The van der Waals surface area contributed by atoms with Gasteiger partial charge in [-0.15, -0.1) is 0 Å². The fourth-order valence-corrected chi connectivity index (χ4v) is 3.61. The van der Waals surface area contributed by atoms with Crippen molar-refractivity contribution >= 4 is 11.9 Å². The van der Waals surface area contributed by atoms with Gasteiger partial charge in [0.2, 0.25) is 5.91 Å². The number of benzene rings is 2. The summed E-state index contributed by atoms with van der Waals surface area (Å²) in [5.74, 6) is 1.25. The Kier molecular flexibility index (Phi) is 6.12. The summed E-state index contributed by atoms with van der Waals surface area (Å²) in [5, 5.41) is 3.47. The summed E-state index contributed by atoms with van der Waals surface area (Å²) in [6.07, 6.45) is 0.558. The molecule has 2 aromatic rings. The number of aliphatic imine (C=N–C) groups is 1. The summed E-state index contributed by atoms with van der Waals surface area (Å²) < 4.78 is 0. The van der Waals surface area contributed by atoms with Crippen LogP contribution in [0.3, 0.4) is 0 Å². The Labute approximate surface area is 161 Å². The zero-order chi connectivity index (χ0) is 19.2. The minimum atomic E-state index is 0.101. The average molecular weight is 364 g/mol. The molecule has 27 heavy (non-hydrogen) atoms. The predicted octanol–water partition coefficient (Wildman–Crippen LogP) is 2.91. The van der Waals surface area contributed by atoms with Crippen LogP contribution in [-0.2, 0) is 11.3 Å². The number of likely N-dealkylation sites (tertiary alicyclic amines) is 1. The molecule has 2 unspecified atom stereocenters. The van der Waals surface area contributed by atoms with Crippen LogP contribution in [-0.4, -0.2) is 49.4 Å². The van der Waals surface area contributed by atoms with Crippen molar-refractivity contribution in [3.05, 3.63) is 71.8 Å². The molecule has 1 N–H and O–H groups in total. The monoisotopic (exact) mass is 364 g/mol. The van der Waals surface area contributed by atoms with E-state index in [2.05, 4.69) is 29.6 Å². The SMILES string of the molecule is CN(C)C(=NCc1ccccc1)NCC1CC(=O)N(C)C1c1ccccc1. The molecule has 0 aromatic heterocycles. The fourth-order valence-electron chi connectivity index (χ4n) is 3.61. The van der Waals surface area contributed by atoms with E-state index in [1.807, 2.05) is 67.3 Å². The second-order valence-corrected chi connectivity index (χ2v) is 7.23. The Morgan fingerprint density at radius 2 is 1.74 bits per heavy atom. The number of rotatable bonds is 5. The Morgan fingerprint density at radius 1 is 1.11 bits per heavy atom. The van der Waals surface area contributed by atoms with Gasteiger partial charge in [0.05, 0.1) is 12.6 Å². The summed E-state index contributed by atoms with van der Waals surface area (Å²) in [6.45, 7) is 1.34. The highest BCUT2D eigenvalue weighted by atomic mass is 16.2. The van der Waals surface area contributed by atoms with Crippen LogP contribution in [0.1, 0.15) is 23.6 Å². The first-order chi connectivity index (χ1) is 13.1. The molecule has 5 heteroatoms. The number of nitrogens with zero attached hydrogens (tertiary/aromatic N) is 3. The third-order valence-electron chi connectivity index (χ3n) is 5.04. The first kappa shape index (κ1) is 19.0. The third kappa shape index (κ3) is 4.67. The second-order valence-electron chi connectivity index (χ2n) is 7.23. The number of guanidine groups is 1. The van der Waals surface area contributed by atoms with Crippen molar-refractivity contribution in [2.75, 3.05) is 27.7 Å². The van der Waals surface area contributed by atoms with Gasteiger partial charge >= 0.3 is 0 Å². The molecule has 1 fully saturated rings. The lowest BCUT2D eigenvalue weighted by Gasteiger charge is -2.27. The molecule has 3 rings (SSSR count). The number of carbonyl (C=O) groups is 1. The van der Waals surface area contributed by atoms with Gasteiger partial charge < -0.3 is 15.1 Å². The minimum Gasteiger partial charge on any atom is -0.356 e. The van der Waals surface area contributed by atoms with Crippen molar-refractivity contribution in [1.29, 1.82) is 0 Å². The first-order valence-corrected chi connectivity index (χ1v) is 9.36. The second kappa shape index (κ2) is 8.71. The van der Waals surface area contributed by atoms with Gasteiger partial charge in [0.15, 0.2) is 5.96 Å².